The molecule has 0 saturated carbocycles. The first-order valence-corrected chi connectivity index (χ1v) is 12.6. The van der Waals surface area contributed by atoms with Gasteiger partial charge in [0, 0.05) is 24.4 Å². The summed E-state index contributed by atoms with van der Waals surface area (Å²) in [5, 5.41) is 13.5. The zero-order chi connectivity index (χ0) is 28.6. The third-order valence-electron chi connectivity index (χ3n) is 6.59. The van der Waals surface area contributed by atoms with Gasteiger partial charge in [0.1, 0.15) is 11.9 Å². The summed E-state index contributed by atoms with van der Waals surface area (Å²) in [6.45, 7) is 0. The van der Waals surface area contributed by atoms with E-state index in [0.717, 1.165) is 0 Å². The van der Waals surface area contributed by atoms with Gasteiger partial charge in [0.25, 0.3) is 5.91 Å². The summed E-state index contributed by atoms with van der Waals surface area (Å²) < 4.78 is 49.4. The lowest BCUT2D eigenvalue weighted by Gasteiger charge is -2.26. The van der Waals surface area contributed by atoms with Crippen LogP contribution in [-0.4, -0.2) is 38.8 Å². The number of aromatic carboxylic acids is 1. The molecule has 2 aromatic heterocycles. The van der Waals surface area contributed by atoms with E-state index in [-0.39, 0.29) is 34.5 Å². The first kappa shape index (κ1) is 27.2. The van der Waals surface area contributed by atoms with Gasteiger partial charge < -0.3 is 14.7 Å². The maximum atomic E-state index is 14.1. The van der Waals surface area contributed by atoms with E-state index in [1.165, 1.54) is 52.3 Å². The Hall–Kier alpha value is -4.38. The van der Waals surface area contributed by atoms with Gasteiger partial charge in [0.2, 0.25) is 0 Å². The summed E-state index contributed by atoms with van der Waals surface area (Å²) in [4.78, 5) is 29.8. The zero-order valence-corrected chi connectivity index (χ0v) is 21.8. The predicted molar refractivity (Wildman–Crippen MR) is 140 cm³/mol. The second-order valence-corrected chi connectivity index (χ2v) is 9.66. The summed E-state index contributed by atoms with van der Waals surface area (Å²) in [5.41, 5.74) is 0.239. The van der Waals surface area contributed by atoms with Crippen molar-refractivity contribution < 1.29 is 32.6 Å². The van der Waals surface area contributed by atoms with Gasteiger partial charge in [-0.25, -0.2) is 9.48 Å². The Morgan fingerprint density at radius 3 is 2.52 bits per heavy atom. The monoisotopic (exact) mass is 570 g/mol. The van der Waals surface area contributed by atoms with Crippen molar-refractivity contribution in [3.8, 4) is 11.4 Å². The molecule has 206 valence electrons. The molecule has 1 aliphatic rings. The van der Waals surface area contributed by atoms with Crippen molar-refractivity contribution in [3.05, 3.63) is 100 Å². The standard InChI is InChI=1S/C28H22ClF3N4O4/c1-35(20-13-18(29)14-33-15-20)26(37)17-4-2-5-19(12-17)36-24-22(25(34-36)28(30,31)32)6-3-7-23(24)40-21-10-8-16(9-11-21)27(38)39/h2,4-5,8-15,23H,3,6-7H2,1H3,(H,38,39). The molecular formula is C28H22ClF3N4O4. The Morgan fingerprint density at radius 1 is 1.10 bits per heavy atom. The number of anilines is 1. The number of carbonyl (C=O) groups is 2. The van der Waals surface area contributed by atoms with Crippen LogP contribution in [0.1, 0.15) is 56.6 Å². The minimum atomic E-state index is -4.70. The van der Waals surface area contributed by atoms with Gasteiger partial charge in [0.15, 0.2) is 5.69 Å². The van der Waals surface area contributed by atoms with E-state index in [2.05, 4.69) is 10.1 Å². The number of carbonyl (C=O) groups excluding carboxylic acids is 1. The molecule has 0 spiro atoms. The molecule has 0 saturated heterocycles. The van der Waals surface area contributed by atoms with Gasteiger partial charge in [-0.3, -0.25) is 9.78 Å². The van der Waals surface area contributed by atoms with Gasteiger partial charge >= 0.3 is 12.1 Å². The smallest absolute Gasteiger partial charge is 0.435 e. The molecule has 1 N–H and O–H groups in total. The molecule has 0 radical (unpaired) electrons. The minimum absolute atomic E-state index is 0.0322. The first-order valence-electron chi connectivity index (χ1n) is 12.2. The first-order chi connectivity index (χ1) is 19.0. The number of hydrogen-bond acceptors (Lipinski definition) is 5. The molecule has 4 aromatic rings. The third kappa shape index (κ3) is 5.37. The number of nitrogens with zero attached hydrogens (tertiary/aromatic N) is 4. The maximum Gasteiger partial charge on any atom is 0.435 e. The molecule has 5 rings (SSSR count). The lowest BCUT2D eigenvalue weighted by molar-refractivity contribution is -0.142. The Kier molecular flexibility index (Phi) is 7.24. The van der Waals surface area contributed by atoms with E-state index < -0.39 is 29.9 Å². The summed E-state index contributed by atoms with van der Waals surface area (Å²) in [6.07, 6.45) is -1.57. The molecule has 0 aliphatic heterocycles. The van der Waals surface area contributed by atoms with Crippen molar-refractivity contribution in [2.75, 3.05) is 11.9 Å². The number of fused-ring (bicyclic) bond motifs is 1. The van der Waals surface area contributed by atoms with Crippen LogP contribution in [0.25, 0.3) is 5.69 Å². The summed E-state index contributed by atoms with van der Waals surface area (Å²) in [5.74, 6) is -1.22. The normalized spacial score (nSPS) is 14.9. The molecule has 40 heavy (non-hydrogen) atoms. The van der Waals surface area contributed by atoms with E-state index in [1.807, 2.05) is 0 Å². The molecular weight excluding hydrogens is 549 g/mol. The molecule has 12 heteroatoms. The summed E-state index contributed by atoms with van der Waals surface area (Å²) in [6, 6.07) is 13.4. The second kappa shape index (κ2) is 10.6. The van der Waals surface area contributed by atoms with E-state index in [4.69, 9.17) is 21.4 Å². The van der Waals surface area contributed by atoms with Gasteiger partial charge in [0.05, 0.1) is 33.9 Å². The highest BCUT2D eigenvalue weighted by Crippen LogP contribution is 2.42. The van der Waals surface area contributed by atoms with Crippen LogP contribution in [0.5, 0.6) is 5.75 Å². The van der Waals surface area contributed by atoms with E-state index in [9.17, 15) is 22.8 Å². The van der Waals surface area contributed by atoms with Crippen molar-refractivity contribution >= 4 is 29.2 Å². The van der Waals surface area contributed by atoms with Crippen LogP contribution in [0, 0.1) is 0 Å². The van der Waals surface area contributed by atoms with Gasteiger partial charge in [-0.15, -0.1) is 0 Å². The number of aromatic nitrogens is 3. The number of rotatable bonds is 6. The SMILES string of the molecule is CN(C(=O)c1cccc(-n2nc(C(F)(F)F)c3c2C(Oc2ccc(C(=O)O)cc2)CCC3)c1)c1cncc(Cl)c1. The molecule has 1 amide bonds. The number of halogens is 4. The highest BCUT2D eigenvalue weighted by molar-refractivity contribution is 6.30. The average Bonchev–Trinajstić information content (AvgIpc) is 3.34. The predicted octanol–water partition coefficient (Wildman–Crippen LogP) is 6.37. The summed E-state index contributed by atoms with van der Waals surface area (Å²) >= 11 is 6.00. The van der Waals surface area contributed by atoms with Crippen LogP contribution in [0.4, 0.5) is 18.9 Å². The van der Waals surface area contributed by atoms with Crippen LogP contribution < -0.4 is 9.64 Å². The van der Waals surface area contributed by atoms with Crippen LogP contribution in [0.15, 0.2) is 67.0 Å². The highest BCUT2D eigenvalue weighted by Gasteiger charge is 2.42. The van der Waals surface area contributed by atoms with Crippen LogP contribution in [0.3, 0.4) is 0 Å². The van der Waals surface area contributed by atoms with Crippen LogP contribution in [0.2, 0.25) is 5.02 Å². The molecule has 1 unspecified atom stereocenters. The second-order valence-electron chi connectivity index (χ2n) is 9.23. The number of hydrogen-bond donors (Lipinski definition) is 1. The molecule has 0 bridgehead atoms. The molecule has 8 nitrogen and oxygen atoms in total. The third-order valence-corrected chi connectivity index (χ3v) is 6.80. The van der Waals surface area contributed by atoms with Gasteiger partial charge in [-0.1, -0.05) is 17.7 Å². The Labute approximate surface area is 231 Å². The topological polar surface area (TPSA) is 97.6 Å². The van der Waals surface area contributed by atoms with Crippen molar-refractivity contribution in [2.24, 2.45) is 0 Å². The number of pyridine rings is 1. The lowest BCUT2D eigenvalue weighted by atomic mass is 9.92. The van der Waals surface area contributed by atoms with Crippen molar-refractivity contribution in [3.63, 3.8) is 0 Å². The average molecular weight is 571 g/mol. The largest absolute Gasteiger partial charge is 0.484 e. The molecule has 0 fully saturated rings. The fourth-order valence-corrected chi connectivity index (χ4v) is 4.86. The van der Waals surface area contributed by atoms with Crippen LogP contribution >= 0.6 is 11.6 Å². The van der Waals surface area contributed by atoms with E-state index in [1.54, 1.807) is 31.3 Å². The number of amides is 1. The lowest BCUT2D eigenvalue weighted by Crippen LogP contribution is -2.26. The number of benzene rings is 2. The van der Waals surface area contributed by atoms with Crippen molar-refractivity contribution in [1.29, 1.82) is 0 Å². The van der Waals surface area contributed by atoms with Crippen molar-refractivity contribution in [2.45, 2.75) is 31.5 Å². The van der Waals surface area contributed by atoms with Gasteiger partial charge in [-0.05, 0) is 67.8 Å². The molecule has 1 aliphatic carbocycles. The number of ether oxygens (including phenoxy) is 1. The maximum absolute atomic E-state index is 14.1. The molecule has 2 aromatic carbocycles. The molecule has 2 heterocycles. The van der Waals surface area contributed by atoms with Crippen molar-refractivity contribution in [1.82, 2.24) is 14.8 Å². The fourth-order valence-electron chi connectivity index (χ4n) is 4.69. The Morgan fingerprint density at radius 2 is 1.85 bits per heavy atom. The van der Waals surface area contributed by atoms with E-state index in [0.29, 0.717) is 29.3 Å². The quantitative estimate of drug-likeness (QED) is 0.289. The fraction of sp³-hybridized carbons (Fsp3) is 0.214. The minimum Gasteiger partial charge on any atom is -0.484 e. The molecule has 1 atom stereocenters. The number of alkyl halides is 3. The number of carboxylic acids is 1. The van der Waals surface area contributed by atoms with E-state index >= 15 is 0 Å². The summed E-state index contributed by atoms with van der Waals surface area (Å²) in [7, 11) is 1.54. The van der Waals surface area contributed by atoms with Gasteiger partial charge in [-0.2, -0.15) is 18.3 Å². The highest BCUT2D eigenvalue weighted by atomic mass is 35.5. The number of carboxylic acid groups (broad SMARTS) is 1. The Bertz CT molecular complexity index is 1590. The zero-order valence-electron chi connectivity index (χ0n) is 21.0. The van der Waals surface area contributed by atoms with Crippen LogP contribution in [-0.2, 0) is 12.6 Å². The Balaban J connectivity index is 1.54.